The largest absolute Gasteiger partial charge is 0.493 e. The summed E-state index contributed by atoms with van der Waals surface area (Å²) in [5.74, 6) is 4.11. The van der Waals surface area contributed by atoms with Gasteiger partial charge in [-0.3, -0.25) is 0 Å². The van der Waals surface area contributed by atoms with E-state index in [4.69, 9.17) is 18.9 Å². The molecule has 1 unspecified atom stereocenters. The quantitative estimate of drug-likeness (QED) is 0.279. The van der Waals surface area contributed by atoms with Crippen LogP contribution in [0.25, 0.3) is 22.4 Å². The standard InChI is InChI=1S/C34H46N4O3/c1-23-6-11-30(41-23)34-27-10-7-25(20-24-12-17-38(18-13-24)26-8-9-26)35-33(27)28-21-31(39-2)32(22-29(28)36-34)40-19-5-16-37-14-3-4-15-37/h6,11,21-22,24-26,35H,3-5,7-10,12-20H2,1-2H3. The number of furan rings is 1. The van der Waals surface area contributed by atoms with Crippen LogP contribution < -0.4 is 14.8 Å². The Morgan fingerprint density at radius 1 is 1.00 bits per heavy atom. The molecule has 2 aromatic heterocycles. The van der Waals surface area contributed by atoms with Crippen LogP contribution in [0.5, 0.6) is 11.5 Å². The van der Waals surface area contributed by atoms with Crippen LogP contribution in [0.2, 0.25) is 0 Å². The highest BCUT2D eigenvalue weighted by atomic mass is 16.5. The monoisotopic (exact) mass is 558 g/mol. The Kier molecular flexibility index (Phi) is 7.83. The fourth-order valence-electron chi connectivity index (χ4n) is 7.40. The molecule has 3 fully saturated rings. The molecule has 4 aliphatic rings. The summed E-state index contributed by atoms with van der Waals surface area (Å²) in [6.07, 6.45) is 12.5. The van der Waals surface area contributed by atoms with Crippen LogP contribution in [0.1, 0.15) is 69.1 Å². The highest BCUT2D eigenvalue weighted by Gasteiger charge is 2.33. The molecule has 1 saturated carbocycles. The molecule has 41 heavy (non-hydrogen) atoms. The minimum absolute atomic E-state index is 0.476. The van der Waals surface area contributed by atoms with Crippen LogP contribution in [0.3, 0.4) is 0 Å². The number of ether oxygens (including phenoxy) is 2. The van der Waals surface area contributed by atoms with Crippen LogP contribution in [0, 0.1) is 12.8 Å². The van der Waals surface area contributed by atoms with Gasteiger partial charge in [-0.25, -0.2) is 4.98 Å². The number of aryl methyl sites for hydroxylation is 1. The molecule has 7 nitrogen and oxygen atoms in total. The van der Waals surface area contributed by atoms with E-state index < -0.39 is 0 Å². The number of hydrogen-bond acceptors (Lipinski definition) is 7. The van der Waals surface area contributed by atoms with Crippen LogP contribution in [-0.4, -0.2) is 73.3 Å². The number of likely N-dealkylation sites (tertiary alicyclic amines) is 2. The Morgan fingerprint density at radius 2 is 1.83 bits per heavy atom. The predicted molar refractivity (Wildman–Crippen MR) is 164 cm³/mol. The summed E-state index contributed by atoms with van der Waals surface area (Å²) in [7, 11) is 1.74. The van der Waals surface area contributed by atoms with E-state index >= 15 is 0 Å². The van der Waals surface area contributed by atoms with Gasteiger partial charge in [-0.15, -0.1) is 0 Å². The van der Waals surface area contributed by atoms with E-state index in [1.54, 1.807) is 7.11 Å². The van der Waals surface area contributed by atoms with Crippen molar-refractivity contribution in [3.8, 4) is 23.0 Å². The average Bonchev–Trinajstić information content (AvgIpc) is 3.54. The summed E-state index contributed by atoms with van der Waals surface area (Å²) >= 11 is 0. The van der Waals surface area contributed by atoms with Gasteiger partial charge in [0.05, 0.1) is 19.2 Å². The van der Waals surface area contributed by atoms with E-state index in [1.807, 2.05) is 13.0 Å². The first-order valence-corrected chi connectivity index (χ1v) is 16.1. The molecule has 7 heteroatoms. The molecule has 7 rings (SSSR count). The molecule has 3 aliphatic heterocycles. The van der Waals surface area contributed by atoms with Crippen molar-refractivity contribution in [2.24, 2.45) is 5.92 Å². The minimum Gasteiger partial charge on any atom is -0.493 e. The summed E-state index contributed by atoms with van der Waals surface area (Å²) in [4.78, 5) is 10.5. The number of piperidine rings is 1. The van der Waals surface area contributed by atoms with Gasteiger partial charge in [0.2, 0.25) is 0 Å². The van der Waals surface area contributed by atoms with Gasteiger partial charge in [-0.2, -0.15) is 0 Å². The van der Waals surface area contributed by atoms with E-state index in [1.165, 1.54) is 82.4 Å². The van der Waals surface area contributed by atoms with Gasteiger partial charge in [0.15, 0.2) is 17.3 Å². The zero-order chi connectivity index (χ0) is 27.8. The second kappa shape index (κ2) is 11.8. The lowest BCUT2D eigenvalue weighted by atomic mass is 9.85. The second-order valence-corrected chi connectivity index (χ2v) is 12.8. The summed E-state index contributed by atoms with van der Waals surface area (Å²) in [6, 6.07) is 9.67. The Bertz CT molecular complexity index is 1350. The average molecular weight is 559 g/mol. The molecule has 0 bridgehead atoms. The highest BCUT2D eigenvalue weighted by molar-refractivity contribution is 5.98. The van der Waals surface area contributed by atoms with Crippen molar-refractivity contribution in [3.05, 3.63) is 35.6 Å². The van der Waals surface area contributed by atoms with Crippen molar-refractivity contribution >= 4 is 16.6 Å². The first kappa shape index (κ1) is 27.1. The molecule has 1 N–H and O–H groups in total. The van der Waals surface area contributed by atoms with E-state index in [0.717, 1.165) is 77.4 Å². The fourth-order valence-corrected chi connectivity index (χ4v) is 7.40. The molecular weight excluding hydrogens is 512 g/mol. The maximum Gasteiger partial charge on any atom is 0.163 e. The number of nitrogens with zero attached hydrogens (tertiary/aromatic N) is 3. The number of rotatable bonds is 10. The van der Waals surface area contributed by atoms with Crippen molar-refractivity contribution in [1.29, 1.82) is 0 Å². The van der Waals surface area contributed by atoms with E-state index in [9.17, 15) is 0 Å². The van der Waals surface area contributed by atoms with E-state index in [-0.39, 0.29) is 0 Å². The minimum atomic E-state index is 0.476. The third-order valence-electron chi connectivity index (χ3n) is 9.84. The van der Waals surface area contributed by atoms with Gasteiger partial charge in [0.25, 0.3) is 0 Å². The van der Waals surface area contributed by atoms with Crippen molar-refractivity contribution < 1.29 is 13.9 Å². The maximum atomic E-state index is 6.30. The Labute approximate surface area is 244 Å². The lowest BCUT2D eigenvalue weighted by molar-refractivity contribution is 0.167. The lowest BCUT2D eigenvalue weighted by Crippen LogP contribution is -2.37. The second-order valence-electron chi connectivity index (χ2n) is 12.8. The number of nitrogens with one attached hydrogen (secondary N) is 1. The molecule has 1 aromatic carbocycles. The number of methoxy groups -OCH3 is 1. The fraction of sp³-hybridized carbons (Fsp3) is 0.618. The van der Waals surface area contributed by atoms with Crippen molar-refractivity contribution in [2.45, 2.75) is 83.2 Å². The van der Waals surface area contributed by atoms with Gasteiger partial charge in [0.1, 0.15) is 11.5 Å². The van der Waals surface area contributed by atoms with E-state index in [2.05, 4.69) is 33.3 Å². The molecular formula is C34H46N4O3. The van der Waals surface area contributed by atoms with Crippen molar-refractivity contribution in [2.75, 3.05) is 51.8 Å². The summed E-state index contributed by atoms with van der Waals surface area (Å²) in [5, 5.41) is 5.12. The molecule has 3 aromatic rings. The van der Waals surface area contributed by atoms with Crippen LogP contribution in [-0.2, 0) is 6.42 Å². The SMILES string of the molecule is COc1cc2c3c(c(-c4ccc(C)o4)nc2cc1OCCCN1CCCC1)CCC(CC1CCN(C2CC2)CC1)N3. The number of benzene rings is 1. The van der Waals surface area contributed by atoms with Crippen LogP contribution in [0.15, 0.2) is 28.7 Å². The predicted octanol–water partition coefficient (Wildman–Crippen LogP) is 6.67. The van der Waals surface area contributed by atoms with E-state index in [0.29, 0.717) is 12.6 Å². The molecule has 0 spiro atoms. The van der Waals surface area contributed by atoms with Crippen molar-refractivity contribution in [1.82, 2.24) is 14.8 Å². The normalized spacial score (nSPS) is 22.1. The molecule has 0 amide bonds. The highest BCUT2D eigenvalue weighted by Crippen LogP contribution is 2.43. The van der Waals surface area contributed by atoms with Gasteiger partial charge in [-0.1, -0.05) is 0 Å². The molecule has 2 saturated heterocycles. The van der Waals surface area contributed by atoms with Crippen LogP contribution >= 0.6 is 0 Å². The van der Waals surface area contributed by atoms with Crippen molar-refractivity contribution in [3.63, 3.8) is 0 Å². The molecule has 0 radical (unpaired) electrons. The lowest BCUT2D eigenvalue weighted by Gasteiger charge is -2.36. The third kappa shape index (κ3) is 5.94. The zero-order valence-electron chi connectivity index (χ0n) is 24.9. The van der Waals surface area contributed by atoms with Gasteiger partial charge in [0, 0.05) is 41.3 Å². The summed E-state index contributed by atoms with van der Waals surface area (Å²) in [5.41, 5.74) is 4.33. The number of pyridine rings is 1. The number of fused-ring (bicyclic) bond motifs is 3. The first-order valence-electron chi connectivity index (χ1n) is 16.1. The Balaban J connectivity index is 1.14. The topological polar surface area (TPSA) is 63.0 Å². The van der Waals surface area contributed by atoms with Gasteiger partial charge in [-0.05, 0) is 121 Å². The third-order valence-corrected chi connectivity index (χ3v) is 9.84. The van der Waals surface area contributed by atoms with Crippen LogP contribution in [0.4, 0.5) is 5.69 Å². The Hall–Kier alpha value is -2.77. The molecule has 1 aliphatic carbocycles. The summed E-state index contributed by atoms with van der Waals surface area (Å²) < 4.78 is 18.3. The number of aromatic nitrogens is 1. The Morgan fingerprint density at radius 3 is 2.56 bits per heavy atom. The summed E-state index contributed by atoms with van der Waals surface area (Å²) in [6.45, 7) is 8.77. The number of anilines is 1. The molecule has 220 valence electrons. The van der Waals surface area contributed by atoms with Gasteiger partial charge >= 0.3 is 0 Å². The van der Waals surface area contributed by atoms with Gasteiger partial charge < -0.3 is 29.0 Å². The smallest absolute Gasteiger partial charge is 0.163 e. The molecule has 5 heterocycles. The zero-order valence-corrected chi connectivity index (χ0v) is 24.9. The maximum absolute atomic E-state index is 6.30. The number of hydrogen-bond donors (Lipinski definition) is 1. The molecule has 1 atom stereocenters. The first-order chi connectivity index (χ1) is 20.1.